The molecule has 488 valence electrons. The second-order valence-electron chi connectivity index (χ2n) is 22.9. The fourth-order valence-electron chi connectivity index (χ4n) is 7.09. The number of Topliss-reactive ketones (excluding diaryl/α,β-unsaturated/α-hetero) is 1. The molecule has 0 unspecified atom stereocenters. The number of carbonyl (C=O) groups excluding carboxylic acids is 1. The molecule has 3 aromatic heterocycles. The quantitative estimate of drug-likeness (QED) is 0.0744. The van der Waals surface area contributed by atoms with Crippen LogP contribution in [0.25, 0.3) is 0 Å². The summed E-state index contributed by atoms with van der Waals surface area (Å²) in [6, 6.07) is 39.2. The Morgan fingerprint density at radius 2 is 0.977 bits per heavy atom. The Kier molecular flexibility index (Phi) is 44.1. The molecule has 0 aliphatic rings. The largest absolute Gasteiger partial charge is 0.508 e. The zero-order chi connectivity index (χ0) is 64.0. The first-order valence-corrected chi connectivity index (χ1v) is 28.8. The van der Waals surface area contributed by atoms with Gasteiger partial charge in [0.15, 0.2) is 17.4 Å². The van der Waals surface area contributed by atoms with Gasteiger partial charge in [-0.2, -0.15) is 10.2 Å². The van der Waals surface area contributed by atoms with E-state index >= 15 is 0 Å². The van der Waals surface area contributed by atoms with Crippen LogP contribution < -0.4 is 5.56 Å². The molecule has 5 aromatic carbocycles. The summed E-state index contributed by atoms with van der Waals surface area (Å²) in [5, 5.41) is 25.9. The van der Waals surface area contributed by atoms with Gasteiger partial charge in [-0.1, -0.05) is 219 Å². The fourth-order valence-corrected chi connectivity index (χ4v) is 7.09. The van der Waals surface area contributed by atoms with Crippen LogP contribution in [-0.2, 0) is 0 Å². The van der Waals surface area contributed by atoms with Gasteiger partial charge >= 0.3 is 0 Å². The number of phenolic OH excluding ortho intramolecular Hbond substituents is 1. The van der Waals surface area contributed by atoms with Crippen molar-refractivity contribution in [3.8, 4) is 5.75 Å². The molecule has 8 rings (SSSR count). The molecule has 3 N–H and O–H groups in total. The molecule has 9 nitrogen and oxygen atoms in total. The Labute approximate surface area is 529 Å². The third-order valence-electron chi connectivity index (χ3n) is 13.0. The van der Waals surface area contributed by atoms with E-state index in [2.05, 4.69) is 114 Å². The van der Waals surface area contributed by atoms with E-state index in [-0.39, 0.29) is 58.4 Å². The number of H-pyrrole nitrogens is 1. The molecule has 3 heterocycles. The summed E-state index contributed by atoms with van der Waals surface area (Å²) in [6.07, 6.45) is 4.78. The fraction of sp³-hybridized carbons (Fsp3) is 0.427. The lowest BCUT2D eigenvalue weighted by Crippen LogP contribution is -2.07. The van der Waals surface area contributed by atoms with Crippen LogP contribution in [0.2, 0.25) is 0 Å². The number of nitrogens with zero attached hydrogens (tertiary/aromatic N) is 4. The van der Waals surface area contributed by atoms with Gasteiger partial charge in [-0.3, -0.25) is 9.59 Å². The highest BCUT2D eigenvalue weighted by molar-refractivity contribution is 5.94. The Hall–Kier alpha value is -7.67. The van der Waals surface area contributed by atoms with Crippen LogP contribution in [0.5, 0.6) is 5.75 Å². The van der Waals surface area contributed by atoms with Crippen molar-refractivity contribution >= 4 is 5.78 Å². The number of halogens is 4. The number of ketones is 1. The van der Waals surface area contributed by atoms with E-state index in [1.165, 1.54) is 48.1 Å². The van der Waals surface area contributed by atoms with E-state index in [1.54, 1.807) is 50.5 Å². The molecular weight excluding hydrogens is 1110 g/mol. The monoisotopic (exact) mass is 1220 g/mol. The van der Waals surface area contributed by atoms with Crippen LogP contribution in [0.3, 0.4) is 0 Å². The Morgan fingerprint density at radius 3 is 1.33 bits per heavy atom. The first-order valence-electron chi connectivity index (χ1n) is 28.8. The summed E-state index contributed by atoms with van der Waals surface area (Å²) < 4.78 is 53.1. The Morgan fingerprint density at radius 1 is 0.489 bits per heavy atom. The predicted octanol–water partition coefficient (Wildman–Crippen LogP) is 22.3. The topological polar surface area (TPSA) is 134 Å². The van der Waals surface area contributed by atoms with Gasteiger partial charge in [-0.25, -0.2) is 27.3 Å². The number of aromatic hydroxyl groups is 1. The van der Waals surface area contributed by atoms with Crippen LogP contribution >= 0.6 is 0 Å². The van der Waals surface area contributed by atoms with Crippen LogP contribution in [-0.4, -0.2) is 41.0 Å². The van der Waals surface area contributed by atoms with Crippen LogP contribution in [0.4, 0.5) is 17.6 Å². The van der Waals surface area contributed by atoms with Gasteiger partial charge in [-0.15, -0.1) is 0 Å². The SMILES string of the molecule is C.C.C.C.CC(=O)c1ccc(C(C)C)cc1.CC(C)c1cc(=O)[nH]cn1.CC(C)c1cccc(O)c1.CC(C)c1ccccc1.CC(C)c1ccn(O)c1.Cc1c(F)cc(C(C)C)cc1F.Cc1ccc(C(C)C)c(F)c1F.Cc1ccc(C(C)C)nn1. The van der Waals surface area contributed by atoms with Crippen molar-refractivity contribution in [3.05, 3.63) is 247 Å². The summed E-state index contributed by atoms with van der Waals surface area (Å²) in [7, 11) is 0. The number of phenols is 1. The van der Waals surface area contributed by atoms with Crippen molar-refractivity contribution < 1.29 is 32.7 Å². The molecule has 0 aliphatic heterocycles. The maximum Gasteiger partial charge on any atom is 0.250 e. The Balaban J connectivity index is -0.000000456. The van der Waals surface area contributed by atoms with Crippen molar-refractivity contribution in [3.63, 3.8) is 0 Å². The van der Waals surface area contributed by atoms with E-state index in [9.17, 15) is 27.2 Å². The summed E-state index contributed by atoms with van der Waals surface area (Å²) in [4.78, 5) is 28.1. The second-order valence-corrected chi connectivity index (χ2v) is 22.9. The molecule has 0 atom stereocenters. The average Bonchev–Trinajstić information content (AvgIpc) is 4.09. The number of hydrogen-bond acceptors (Lipinski definition) is 7. The number of carbonyl (C=O) groups is 1. The molecule has 13 heteroatoms. The minimum Gasteiger partial charge on any atom is -0.508 e. The molecule has 88 heavy (non-hydrogen) atoms. The van der Waals surface area contributed by atoms with Crippen molar-refractivity contribution in [2.24, 2.45) is 0 Å². The third kappa shape index (κ3) is 33.5. The molecule has 0 saturated carbocycles. The lowest BCUT2D eigenvalue weighted by Gasteiger charge is -2.08. The smallest absolute Gasteiger partial charge is 0.250 e. The van der Waals surface area contributed by atoms with Crippen LogP contribution in [0, 0.1) is 44.0 Å². The van der Waals surface area contributed by atoms with E-state index in [4.69, 9.17) is 10.3 Å². The minimum atomic E-state index is -0.721. The zero-order valence-electron chi connectivity index (χ0n) is 53.5. The van der Waals surface area contributed by atoms with Gasteiger partial charge in [0.25, 0.3) is 5.56 Å². The molecule has 0 saturated heterocycles. The predicted molar refractivity (Wildman–Crippen MR) is 366 cm³/mol. The summed E-state index contributed by atoms with van der Waals surface area (Å²) in [5.74, 6) is 1.31. The molecule has 0 amide bonds. The second kappa shape index (κ2) is 44.7. The molecular formula is C75H111F4N5O4. The lowest BCUT2D eigenvalue weighted by atomic mass is 10.0. The molecule has 0 fully saturated rings. The van der Waals surface area contributed by atoms with Crippen LogP contribution in [0.1, 0.15) is 267 Å². The highest BCUT2D eigenvalue weighted by Gasteiger charge is 2.13. The van der Waals surface area contributed by atoms with E-state index in [0.29, 0.717) is 57.9 Å². The maximum atomic E-state index is 13.1. The number of aromatic nitrogens is 5. The highest BCUT2D eigenvalue weighted by Crippen LogP contribution is 2.24. The number of aryl methyl sites for hydroxylation is 2. The van der Waals surface area contributed by atoms with Gasteiger partial charge < -0.3 is 15.3 Å². The van der Waals surface area contributed by atoms with Gasteiger partial charge in [0.1, 0.15) is 17.4 Å². The molecule has 0 radical (unpaired) electrons. The number of aromatic amines is 1. The molecule has 0 spiro atoms. The zero-order valence-corrected chi connectivity index (χ0v) is 53.5. The van der Waals surface area contributed by atoms with Gasteiger partial charge in [0.2, 0.25) is 0 Å². The number of nitrogens with one attached hydrogen (secondary N) is 1. The summed E-state index contributed by atoms with van der Waals surface area (Å²) in [6.45, 7) is 39.3. The molecule has 0 bridgehead atoms. The first-order chi connectivity index (χ1) is 39.3. The average molecular weight is 1220 g/mol. The number of rotatable bonds is 9. The number of benzene rings is 5. The minimum absolute atomic E-state index is 0. The Bertz CT molecular complexity index is 3160. The molecule has 8 aromatic rings. The summed E-state index contributed by atoms with van der Waals surface area (Å²) in [5.41, 5.74) is 10.2. The van der Waals surface area contributed by atoms with E-state index in [1.807, 2.05) is 109 Å². The third-order valence-corrected chi connectivity index (χ3v) is 13.0. The van der Waals surface area contributed by atoms with Crippen molar-refractivity contribution in [1.82, 2.24) is 24.9 Å². The van der Waals surface area contributed by atoms with Gasteiger partial charge in [-0.05, 0) is 156 Å². The van der Waals surface area contributed by atoms with Crippen LogP contribution in [0.15, 0.2) is 151 Å². The maximum absolute atomic E-state index is 13.1. The normalized spacial score (nSPS) is 10.0. The highest BCUT2D eigenvalue weighted by atomic mass is 19.2. The van der Waals surface area contributed by atoms with Crippen molar-refractivity contribution in [1.29, 1.82) is 0 Å². The van der Waals surface area contributed by atoms with E-state index in [0.717, 1.165) is 32.9 Å². The van der Waals surface area contributed by atoms with Crippen molar-refractivity contribution in [2.45, 2.75) is 216 Å². The summed E-state index contributed by atoms with van der Waals surface area (Å²) >= 11 is 0. The molecule has 0 aliphatic carbocycles. The van der Waals surface area contributed by atoms with Crippen molar-refractivity contribution in [2.75, 3.05) is 0 Å². The van der Waals surface area contributed by atoms with Gasteiger partial charge in [0, 0.05) is 29.6 Å². The van der Waals surface area contributed by atoms with Gasteiger partial charge in [0.05, 0.1) is 23.4 Å². The number of hydrogen-bond donors (Lipinski definition) is 3. The van der Waals surface area contributed by atoms with E-state index < -0.39 is 23.3 Å². The lowest BCUT2D eigenvalue weighted by molar-refractivity contribution is 0.101. The standard InChI is InChI=1S/C11H14O.2C10H12F2.C9H12O.C9H12.C8H12N2.C7H10N2O.C7H11NO.4CH4/c1-8(2)10-4-6-11(7-5-10)9(3)12;1-6(2)8-4-9(11)7(3)10(12)5-8;1-6(2)8-5-4-7(3)9(11)10(8)12;1-7(2)8-4-3-5-9(10)6-8;1-8(2)9-6-4-3-5-7-9;1-6(2)8-5-4-7(3)9-10-8;1-5(2)6-3-7(10)9-4-8-6;1-6(2)7-3-4-8(9)5-7;;;;/h4-8H,1-3H3;2*4-6H,1-3H3;3-7,10H,1-2H3;3-8H,1-2H3;4-6H,1-3H3;3-5H,1-2H3,(H,8,9,10);3-6,9H,1-2H3;4*1H4. The first kappa shape index (κ1) is 86.8.